The Morgan fingerprint density at radius 2 is 1.81 bits per heavy atom. The number of aromatic nitrogens is 1. The number of piperidine rings is 1. The fraction of sp³-hybridized carbons (Fsp3) is 0.450. The van der Waals surface area contributed by atoms with Crippen molar-refractivity contribution in [2.45, 2.75) is 12.8 Å². The molecule has 2 heterocycles. The minimum Gasteiger partial charge on any atom is -0.496 e. The average molecular weight is 371 g/mol. The molecule has 0 atom stereocenters. The Kier molecular flexibility index (Phi) is 5.32. The molecule has 0 bridgehead atoms. The van der Waals surface area contributed by atoms with E-state index in [0.717, 1.165) is 31.4 Å². The summed E-state index contributed by atoms with van der Waals surface area (Å²) in [4.78, 5) is 39.1. The van der Waals surface area contributed by atoms with Gasteiger partial charge in [0.05, 0.1) is 23.8 Å². The molecule has 1 fully saturated rings. The Morgan fingerprint density at radius 3 is 2.41 bits per heavy atom. The van der Waals surface area contributed by atoms with E-state index in [2.05, 4.69) is 5.32 Å². The van der Waals surface area contributed by atoms with E-state index in [0.29, 0.717) is 22.3 Å². The van der Waals surface area contributed by atoms with Gasteiger partial charge < -0.3 is 19.5 Å². The Bertz CT molecular complexity index is 908. The van der Waals surface area contributed by atoms with Gasteiger partial charge in [-0.2, -0.15) is 0 Å². The van der Waals surface area contributed by atoms with Crippen LogP contribution in [0.25, 0.3) is 10.9 Å². The van der Waals surface area contributed by atoms with Crippen LogP contribution < -0.4 is 10.1 Å². The lowest BCUT2D eigenvalue weighted by atomic mass is 9.88. The number of fused-ring (bicyclic) bond motifs is 1. The maximum Gasteiger partial charge on any atom is 0.294 e. The predicted molar refractivity (Wildman–Crippen MR) is 102 cm³/mol. The van der Waals surface area contributed by atoms with Crippen molar-refractivity contribution in [3.05, 3.63) is 29.5 Å². The van der Waals surface area contributed by atoms with Crippen molar-refractivity contribution in [2.24, 2.45) is 13.0 Å². The number of carbonyl (C=O) groups is 3. The molecule has 1 saturated heterocycles. The van der Waals surface area contributed by atoms with Crippen LogP contribution in [0.1, 0.15) is 33.6 Å². The molecule has 0 saturated carbocycles. The topological polar surface area (TPSA) is 80.6 Å². The first kappa shape index (κ1) is 19.1. The minimum atomic E-state index is -0.593. The lowest BCUT2D eigenvalue weighted by Gasteiger charge is -2.22. The second-order valence-corrected chi connectivity index (χ2v) is 7.14. The third-order valence-electron chi connectivity index (χ3n) is 5.13. The fourth-order valence-corrected chi connectivity index (χ4v) is 3.57. The molecule has 1 aliphatic rings. The van der Waals surface area contributed by atoms with Crippen LogP contribution >= 0.6 is 0 Å². The summed E-state index contributed by atoms with van der Waals surface area (Å²) in [7, 11) is 6.42. The van der Waals surface area contributed by atoms with Gasteiger partial charge in [0, 0.05) is 44.7 Å². The van der Waals surface area contributed by atoms with Crippen molar-refractivity contribution in [1.29, 1.82) is 0 Å². The van der Waals surface area contributed by atoms with Crippen LogP contribution in [-0.4, -0.2) is 61.2 Å². The smallest absolute Gasteiger partial charge is 0.294 e. The molecular weight excluding hydrogens is 346 g/mol. The SMILES string of the molecule is COc1cc2c(cc1C(=O)C1CCNCC1)c(C(=O)C(=O)N(C)C)cn2C. The molecule has 0 unspecified atom stereocenters. The summed E-state index contributed by atoms with van der Waals surface area (Å²) in [6, 6.07) is 3.47. The second kappa shape index (κ2) is 7.52. The van der Waals surface area contributed by atoms with Gasteiger partial charge in [0.25, 0.3) is 11.7 Å². The van der Waals surface area contributed by atoms with Crippen molar-refractivity contribution < 1.29 is 19.1 Å². The zero-order chi connectivity index (χ0) is 19.7. The van der Waals surface area contributed by atoms with E-state index in [1.807, 2.05) is 0 Å². The highest BCUT2D eigenvalue weighted by Crippen LogP contribution is 2.32. The number of methoxy groups -OCH3 is 1. The molecular formula is C20H25N3O4. The maximum absolute atomic E-state index is 13.1. The van der Waals surface area contributed by atoms with Crippen molar-refractivity contribution in [1.82, 2.24) is 14.8 Å². The monoisotopic (exact) mass is 371 g/mol. The number of benzene rings is 1. The number of nitrogens with one attached hydrogen (secondary N) is 1. The Hall–Kier alpha value is -2.67. The highest BCUT2D eigenvalue weighted by Gasteiger charge is 2.28. The van der Waals surface area contributed by atoms with E-state index >= 15 is 0 Å². The standard InChI is InChI=1S/C20H25N3O4/c1-22(2)20(26)19(25)15-11-23(3)16-10-17(27-4)14(9-13(15)16)18(24)12-5-7-21-8-6-12/h9-12,21H,5-8H2,1-4H3. The van der Waals surface area contributed by atoms with E-state index in [1.54, 1.807) is 44.0 Å². The van der Waals surface area contributed by atoms with Crippen molar-refractivity contribution >= 4 is 28.4 Å². The van der Waals surface area contributed by atoms with E-state index < -0.39 is 11.7 Å². The van der Waals surface area contributed by atoms with E-state index in [-0.39, 0.29) is 11.7 Å². The Balaban J connectivity index is 2.11. The number of nitrogens with zero attached hydrogens (tertiary/aromatic N) is 2. The van der Waals surface area contributed by atoms with Gasteiger partial charge in [0.2, 0.25) is 0 Å². The summed E-state index contributed by atoms with van der Waals surface area (Å²) in [6.45, 7) is 1.63. The predicted octanol–water partition coefficient (Wildman–Crippen LogP) is 1.64. The van der Waals surface area contributed by atoms with Gasteiger partial charge in [-0.05, 0) is 32.0 Å². The third kappa shape index (κ3) is 3.47. The number of aryl methyl sites for hydroxylation is 1. The van der Waals surface area contributed by atoms with Gasteiger partial charge in [0.1, 0.15) is 5.75 Å². The highest BCUT2D eigenvalue weighted by molar-refractivity contribution is 6.44. The summed E-state index contributed by atoms with van der Waals surface area (Å²) in [5.74, 6) is -0.731. The number of ether oxygens (including phenoxy) is 1. The second-order valence-electron chi connectivity index (χ2n) is 7.14. The molecule has 7 heteroatoms. The van der Waals surface area contributed by atoms with Gasteiger partial charge in [-0.1, -0.05) is 0 Å². The molecule has 1 aromatic heterocycles. The number of likely N-dealkylation sites (N-methyl/N-ethyl adjacent to an activating group) is 1. The summed E-state index contributed by atoms with van der Waals surface area (Å²) in [5.41, 5.74) is 1.51. The largest absolute Gasteiger partial charge is 0.496 e. The van der Waals surface area contributed by atoms with Gasteiger partial charge in [-0.15, -0.1) is 0 Å². The zero-order valence-corrected chi connectivity index (χ0v) is 16.2. The van der Waals surface area contributed by atoms with E-state index in [4.69, 9.17) is 4.74 Å². The molecule has 2 aromatic rings. The van der Waals surface area contributed by atoms with E-state index in [9.17, 15) is 14.4 Å². The summed E-state index contributed by atoms with van der Waals surface area (Å²) >= 11 is 0. The van der Waals surface area contributed by atoms with Crippen molar-refractivity contribution in [3.8, 4) is 5.75 Å². The summed E-state index contributed by atoms with van der Waals surface area (Å²) < 4.78 is 7.24. The van der Waals surface area contributed by atoms with Gasteiger partial charge in [-0.3, -0.25) is 14.4 Å². The fourth-order valence-electron chi connectivity index (χ4n) is 3.57. The molecule has 7 nitrogen and oxygen atoms in total. The lowest BCUT2D eigenvalue weighted by molar-refractivity contribution is -0.124. The summed E-state index contributed by atoms with van der Waals surface area (Å²) in [6.07, 6.45) is 3.19. The van der Waals surface area contributed by atoms with Crippen molar-refractivity contribution in [3.63, 3.8) is 0 Å². The normalized spacial score (nSPS) is 15.0. The molecule has 1 amide bonds. The first-order valence-corrected chi connectivity index (χ1v) is 9.03. The minimum absolute atomic E-state index is 0.0245. The molecule has 3 rings (SSSR count). The summed E-state index contributed by atoms with van der Waals surface area (Å²) in [5, 5.41) is 3.85. The Morgan fingerprint density at radius 1 is 1.15 bits per heavy atom. The zero-order valence-electron chi connectivity index (χ0n) is 16.2. The molecule has 27 heavy (non-hydrogen) atoms. The molecule has 0 spiro atoms. The third-order valence-corrected chi connectivity index (χ3v) is 5.13. The number of hydrogen-bond donors (Lipinski definition) is 1. The number of rotatable bonds is 5. The lowest BCUT2D eigenvalue weighted by Crippen LogP contribution is -2.32. The van der Waals surface area contributed by atoms with Crippen molar-refractivity contribution in [2.75, 3.05) is 34.3 Å². The van der Waals surface area contributed by atoms with Gasteiger partial charge in [-0.25, -0.2) is 0 Å². The average Bonchev–Trinajstić information content (AvgIpc) is 3.01. The van der Waals surface area contributed by atoms with E-state index in [1.165, 1.54) is 12.0 Å². The molecule has 1 aliphatic heterocycles. The first-order valence-electron chi connectivity index (χ1n) is 9.03. The van der Waals surface area contributed by atoms with Crippen LogP contribution in [0.4, 0.5) is 0 Å². The van der Waals surface area contributed by atoms with Crippen LogP contribution in [0, 0.1) is 5.92 Å². The number of hydrogen-bond acceptors (Lipinski definition) is 5. The first-order chi connectivity index (χ1) is 12.8. The van der Waals surface area contributed by atoms with Crippen LogP contribution in [0.15, 0.2) is 18.3 Å². The molecule has 0 aliphatic carbocycles. The molecule has 1 N–H and O–H groups in total. The quantitative estimate of drug-likeness (QED) is 0.638. The maximum atomic E-state index is 13.1. The molecule has 144 valence electrons. The number of carbonyl (C=O) groups excluding carboxylic acids is 3. The number of Topliss-reactive ketones (excluding diaryl/α,β-unsaturated/α-hetero) is 2. The molecule has 0 radical (unpaired) electrons. The highest BCUT2D eigenvalue weighted by atomic mass is 16.5. The van der Waals surface area contributed by atoms with Crippen LogP contribution in [0.3, 0.4) is 0 Å². The number of amides is 1. The van der Waals surface area contributed by atoms with Crippen LogP contribution in [0.5, 0.6) is 5.75 Å². The number of ketones is 2. The van der Waals surface area contributed by atoms with Crippen LogP contribution in [-0.2, 0) is 11.8 Å². The Labute approximate surface area is 158 Å². The van der Waals surface area contributed by atoms with Gasteiger partial charge >= 0.3 is 0 Å². The molecule has 1 aromatic carbocycles. The van der Waals surface area contributed by atoms with Gasteiger partial charge in [0.15, 0.2) is 5.78 Å². The van der Waals surface area contributed by atoms with Crippen LogP contribution in [0.2, 0.25) is 0 Å².